The van der Waals surface area contributed by atoms with Gasteiger partial charge >= 0.3 is 0 Å². The Morgan fingerprint density at radius 3 is 2.95 bits per heavy atom. The smallest absolute Gasteiger partial charge is 0.258 e. The lowest BCUT2D eigenvalue weighted by molar-refractivity contribution is 0.102. The summed E-state index contributed by atoms with van der Waals surface area (Å²) in [5, 5.41) is 3.00. The van der Waals surface area contributed by atoms with E-state index in [1.807, 2.05) is 24.3 Å². The number of amides is 1. The number of carbonyl (C=O) groups is 1. The van der Waals surface area contributed by atoms with Crippen molar-refractivity contribution >= 4 is 39.1 Å². The van der Waals surface area contributed by atoms with Gasteiger partial charge in [-0.15, -0.1) is 0 Å². The van der Waals surface area contributed by atoms with Crippen LogP contribution in [0, 0.1) is 0 Å². The van der Waals surface area contributed by atoms with Gasteiger partial charge in [0.2, 0.25) is 0 Å². The van der Waals surface area contributed by atoms with Gasteiger partial charge in [-0.2, -0.15) is 0 Å². The van der Waals surface area contributed by atoms with Gasteiger partial charge in [0.25, 0.3) is 5.91 Å². The van der Waals surface area contributed by atoms with Crippen LogP contribution in [0.2, 0.25) is 5.15 Å². The number of hydrogen-bond acceptors (Lipinski definition) is 2. The van der Waals surface area contributed by atoms with Crippen LogP contribution in [-0.4, -0.2) is 10.9 Å². The molecular formula is C14H12BrClN2O. The van der Waals surface area contributed by atoms with Crippen LogP contribution in [0.1, 0.15) is 22.8 Å². The highest BCUT2D eigenvalue weighted by atomic mass is 79.9. The standard InChI is InChI=1S/C14H12BrClN2O/c1-2-9-4-3-5-11(6-9)18-14(19)12-7-10(15)8-17-13(12)16/h3-8H,2H2,1H3,(H,18,19). The molecule has 0 unspecified atom stereocenters. The van der Waals surface area contributed by atoms with Gasteiger partial charge in [0.15, 0.2) is 0 Å². The fraction of sp³-hybridized carbons (Fsp3) is 0.143. The molecule has 0 radical (unpaired) electrons. The molecule has 0 saturated carbocycles. The van der Waals surface area contributed by atoms with E-state index in [-0.39, 0.29) is 11.1 Å². The van der Waals surface area contributed by atoms with Crippen molar-refractivity contribution in [1.82, 2.24) is 4.98 Å². The summed E-state index contributed by atoms with van der Waals surface area (Å²) in [5.74, 6) is -0.271. The lowest BCUT2D eigenvalue weighted by Crippen LogP contribution is -2.13. The Kier molecular flexibility index (Phi) is 4.56. The van der Waals surface area contributed by atoms with Crippen LogP contribution in [-0.2, 0) is 6.42 Å². The van der Waals surface area contributed by atoms with Gasteiger partial charge in [0, 0.05) is 16.4 Å². The third kappa shape index (κ3) is 3.55. The monoisotopic (exact) mass is 338 g/mol. The molecule has 1 aromatic heterocycles. The molecular weight excluding hydrogens is 328 g/mol. The summed E-state index contributed by atoms with van der Waals surface area (Å²) in [4.78, 5) is 16.1. The predicted molar refractivity (Wildman–Crippen MR) is 80.7 cm³/mol. The second-order valence-corrected chi connectivity index (χ2v) is 5.27. The van der Waals surface area contributed by atoms with E-state index in [9.17, 15) is 4.79 Å². The van der Waals surface area contributed by atoms with Crippen molar-refractivity contribution in [2.75, 3.05) is 5.32 Å². The van der Waals surface area contributed by atoms with Crippen molar-refractivity contribution in [2.24, 2.45) is 0 Å². The van der Waals surface area contributed by atoms with Gasteiger partial charge in [-0.1, -0.05) is 30.7 Å². The molecule has 5 heteroatoms. The molecule has 1 N–H and O–H groups in total. The van der Waals surface area contributed by atoms with Crippen LogP contribution in [0.3, 0.4) is 0 Å². The largest absolute Gasteiger partial charge is 0.322 e. The first kappa shape index (κ1) is 14.0. The van der Waals surface area contributed by atoms with Crippen LogP contribution < -0.4 is 5.32 Å². The average Bonchev–Trinajstić information content (AvgIpc) is 2.41. The van der Waals surface area contributed by atoms with Crippen molar-refractivity contribution < 1.29 is 4.79 Å². The third-order valence-corrected chi connectivity index (χ3v) is 3.38. The van der Waals surface area contributed by atoms with Gasteiger partial charge in [-0.25, -0.2) is 4.98 Å². The number of nitrogens with zero attached hydrogens (tertiary/aromatic N) is 1. The number of halogens is 2. The number of pyridine rings is 1. The summed E-state index contributed by atoms with van der Waals surface area (Å²) in [6, 6.07) is 9.36. The van der Waals surface area contributed by atoms with Crippen molar-refractivity contribution in [3.05, 3.63) is 57.3 Å². The molecule has 2 rings (SSSR count). The van der Waals surface area contributed by atoms with E-state index >= 15 is 0 Å². The fourth-order valence-electron chi connectivity index (χ4n) is 1.65. The minimum absolute atomic E-state index is 0.187. The number of nitrogens with one attached hydrogen (secondary N) is 1. The van der Waals surface area contributed by atoms with Crippen LogP contribution in [0.4, 0.5) is 5.69 Å². The van der Waals surface area contributed by atoms with Gasteiger partial charge in [0.1, 0.15) is 5.15 Å². The molecule has 0 aliphatic heterocycles. The Morgan fingerprint density at radius 2 is 2.21 bits per heavy atom. The van der Waals surface area contributed by atoms with Crippen LogP contribution in [0.25, 0.3) is 0 Å². The van der Waals surface area contributed by atoms with Crippen molar-refractivity contribution in [3.63, 3.8) is 0 Å². The molecule has 0 saturated heterocycles. The molecule has 0 atom stereocenters. The van der Waals surface area contributed by atoms with Gasteiger partial charge in [-0.3, -0.25) is 4.79 Å². The van der Waals surface area contributed by atoms with E-state index in [2.05, 4.69) is 33.2 Å². The van der Waals surface area contributed by atoms with E-state index in [4.69, 9.17) is 11.6 Å². The SMILES string of the molecule is CCc1cccc(NC(=O)c2cc(Br)cnc2Cl)c1. The first-order valence-electron chi connectivity index (χ1n) is 5.81. The fourth-order valence-corrected chi connectivity index (χ4v) is 2.17. The van der Waals surface area contributed by atoms with Crippen molar-refractivity contribution in [3.8, 4) is 0 Å². The number of rotatable bonds is 3. The zero-order valence-corrected chi connectivity index (χ0v) is 12.6. The Morgan fingerprint density at radius 1 is 1.42 bits per heavy atom. The number of anilines is 1. The van der Waals surface area contributed by atoms with E-state index in [1.165, 1.54) is 0 Å². The molecule has 19 heavy (non-hydrogen) atoms. The highest BCUT2D eigenvalue weighted by Crippen LogP contribution is 2.20. The van der Waals surface area contributed by atoms with Crippen LogP contribution >= 0.6 is 27.5 Å². The molecule has 0 fully saturated rings. The zero-order valence-electron chi connectivity index (χ0n) is 10.3. The summed E-state index contributed by atoms with van der Waals surface area (Å²) in [6.45, 7) is 2.07. The maximum atomic E-state index is 12.1. The second-order valence-electron chi connectivity index (χ2n) is 4.00. The normalized spacial score (nSPS) is 10.3. The van der Waals surface area contributed by atoms with E-state index in [0.717, 1.165) is 17.7 Å². The lowest BCUT2D eigenvalue weighted by Gasteiger charge is -2.08. The minimum Gasteiger partial charge on any atom is -0.322 e. The number of aromatic nitrogens is 1. The molecule has 0 aliphatic carbocycles. The van der Waals surface area contributed by atoms with Gasteiger partial charge < -0.3 is 5.32 Å². The summed E-state index contributed by atoms with van der Waals surface area (Å²) >= 11 is 9.19. The molecule has 3 nitrogen and oxygen atoms in total. The van der Waals surface area contributed by atoms with Crippen molar-refractivity contribution in [2.45, 2.75) is 13.3 Å². The van der Waals surface area contributed by atoms with E-state index in [1.54, 1.807) is 12.3 Å². The Hall–Kier alpha value is -1.39. The number of aryl methyl sites for hydroxylation is 1. The summed E-state index contributed by atoms with van der Waals surface area (Å²) in [7, 11) is 0. The zero-order chi connectivity index (χ0) is 13.8. The molecule has 1 amide bonds. The molecule has 1 heterocycles. The lowest BCUT2D eigenvalue weighted by atomic mass is 10.1. The van der Waals surface area contributed by atoms with E-state index in [0.29, 0.717) is 10.0 Å². The second kappa shape index (κ2) is 6.17. The molecule has 0 aliphatic rings. The van der Waals surface area contributed by atoms with Crippen LogP contribution in [0.5, 0.6) is 0 Å². The quantitative estimate of drug-likeness (QED) is 0.847. The first-order chi connectivity index (χ1) is 9.10. The maximum absolute atomic E-state index is 12.1. The van der Waals surface area contributed by atoms with Gasteiger partial charge in [0.05, 0.1) is 5.56 Å². The summed E-state index contributed by atoms with van der Waals surface area (Å²) < 4.78 is 0.712. The predicted octanol–water partition coefficient (Wildman–Crippen LogP) is 4.31. The minimum atomic E-state index is -0.271. The average molecular weight is 340 g/mol. The molecule has 0 bridgehead atoms. The highest BCUT2D eigenvalue weighted by Gasteiger charge is 2.12. The Bertz CT molecular complexity index is 616. The molecule has 0 spiro atoms. The summed E-state index contributed by atoms with van der Waals surface area (Å²) in [5.41, 5.74) is 2.26. The first-order valence-corrected chi connectivity index (χ1v) is 6.98. The number of benzene rings is 1. The van der Waals surface area contributed by atoms with Gasteiger partial charge in [-0.05, 0) is 46.1 Å². The van der Waals surface area contributed by atoms with Crippen molar-refractivity contribution in [1.29, 1.82) is 0 Å². The number of carbonyl (C=O) groups excluding carboxylic acids is 1. The highest BCUT2D eigenvalue weighted by molar-refractivity contribution is 9.10. The Balaban J connectivity index is 2.23. The van der Waals surface area contributed by atoms with E-state index < -0.39 is 0 Å². The molecule has 1 aromatic carbocycles. The Labute approximate surface area is 125 Å². The topological polar surface area (TPSA) is 42.0 Å². The molecule has 98 valence electrons. The van der Waals surface area contributed by atoms with Crippen LogP contribution in [0.15, 0.2) is 41.0 Å². The maximum Gasteiger partial charge on any atom is 0.258 e. The molecule has 2 aromatic rings. The summed E-state index contributed by atoms with van der Waals surface area (Å²) in [6.07, 6.45) is 2.47. The third-order valence-electron chi connectivity index (χ3n) is 2.64. The number of hydrogen-bond donors (Lipinski definition) is 1.